The zero-order valence-corrected chi connectivity index (χ0v) is 12.7. The van der Waals surface area contributed by atoms with Gasteiger partial charge in [-0.3, -0.25) is 4.79 Å². The summed E-state index contributed by atoms with van der Waals surface area (Å²) in [5.74, 6) is -2.14. The Hall–Kier alpha value is -2.76. The van der Waals surface area contributed by atoms with E-state index in [9.17, 15) is 18.4 Å². The molecule has 0 fully saturated rings. The second kappa shape index (κ2) is 7.00. The number of benzene rings is 2. The van der Waals surface area contributed by atoms with Crippen molar-refractivity contribution in [2.45, 2.75) is 13.5 Å². The predicted molar refractivity (Wildman–Crippen MR) is 81.0 cm³/mol. The molecule has 0 unspecified atom stereocenters. The Morgan fingerprint density at radius 3 is 2.43 bits per heavy atom. The summed E-state index contributed by atoms with van der Waals surface area (Å²) in [5.41, 5.74) is 0.611. The minimum absolute atomic E-state index is 0.0773. The van der Waals surface area contributed by atoms with E-state index in [2.05, 4.69) is 4.74 Å². The summed E-state index contributed by atoms with van der Waals surface area (Å²) < 4.78 is 32.0. The van der Waals surface area contributed by atoms with Gasteiger partial charge in [-0.05, 0) is 30.3 Å². The van der Waals surface area contributed by atoms with Crippen LogP contribution in [0.15, 0.2) is 42.5 Å². The molecule has 0 aliphatic heterocycles. The molecule has 0 saturated heterocycles. The summed E-state index contributed by atoms with van der Waals surface area (Å²) in [6, 6.07) is 9.34. The average molecular weight is 319 g/mol. The predicted octanol–water partition coefficient (Wildman–Crippen LogP) is 3.30. The Labute approximate surface area is 132 Å². The van der Waals surface area contributed by atoms with Crippen molar-refractivity contribution in [3.8, 4) is 0 Å². The van der Waals surface area contributed by atoms with Crippen LogP contribution in [0.4, 0.5) is 14.5 Å². The first-order valence-electron chi connectivity index (χ1n) is 6.82. The maximum Gasteiger partial charge on any atom is 0.337 e. The molecule has 120 valence electrons. The molecule has 2 aromatic carbocycles. The number of carbonyl (C=O) groups excluding carboxylic acids is 2. The van der Waals surface area contributed by atoms with Gasteiger partial charge in [0.1, 0.15) is 11.6 Å². The molecule has 0 bridgehead atoms. The first kappa shape index (κ1) is 16.6. The normalized spacial score (nSPS) is 10.3. The van der Waals surface area contributed by atoms with Crippen molar-refractivity contribution in [2.24, 2.45) is 0 Å². The Balaban J connectivity index is 2.31. The van der Waals surface area contributed by atoms with E-state index < -0.39 is 17.6 Å². The van der Waals surface area contributed by atoms with Gasteiger partial charge in [0, 0.05) is 18.2 Å². The quantitative estimate of drug-likeness (QED) is 0.812. The summed E-state index contributed by atoms with van der Waals surface area (Å²) in [4.78, 5) is 24.4. The molecule has 0 heterocycles. The van der Waals surface area contributed by atoms with Crippen LogP contribution in [0.25, 0.3) is 0 Å². The number of ether oxygens (including phenoxy) is 1. The molecule has 0 spiro atoms. The topological polar surface area (TPSA) is 46.6 Å². The third-order valence-corrected chi connectivity index (χ3v) is 3.30. The number of esters is 1. The molecule has 1 amide bonds. The number of methoxy groups -OCH3 is 1. The molecule has 0 N–H and O–H groups in total. The lowest BCUT2D eigenvalue weighted by Crippen LogP contribution is -2.28. The minimum Gasteiger partial charge on any atom is -0.465 e. The maximum atomic E-state index is 14.1. The Morgan fingerprint density at radius 2 is 1.87 bits per heavy atom. The van der Waals surface area contributed by atoms with E-state index in [1.54, 1.807) is 6.07 Å². The molecule has 0 radical (unpaired) electrons. The van der Waals surface area contributed by atoms with E-state index in [1.807, 2.05) is 0 Å². The van der Waals surface area contributed by atoms with Crippen LogP contribution in [0.3, 0.4) is 0 Å². The minimum atomic E-state index is -0.649. The van der Waals surface area contributed by atoms with Crippen LogP contribution >= 0.6 is 0 Å². The first-order chi connectivity index (χ1) is 10.9. The number of hydrogen-bond acceptors (Lipinski definition) is 3. The van der Waals surface area contributed by atoms with Crippen molar-refractivity contribution in [3.05, 3.63) is 65.2 Å². The van der Waals surface area contributed by atoms with E-state index >= 15 is 0 Å². The van der Waals surface area contributed by atoms with Crippen LogP contribution in [0.1, 0.15) is 22.8 Å². The van der Waals surface area contributed by atoms with Crippen LogP contribution in [0.2, 0.25) is 0 Å². The zero-order chi connectivity index (χ0) is 17.0. The molecule has 0 aliphatic carbocycles. The van der Waals surface area contributed by atoms with Crippen molar-refractivity contribution in [1.29, 1.82) is 0 Å². The second-order valence-electron chi connectivity index (χ2n) is 4.88. The van der Waals surface area contributed by atoms with Crippen LogP contribution in [-0.2, 0) is 16.1 Å². The van der Waals surface area contributed by atoms with Crippen molar-refractivity contribution in [2.75, 3.05) is 12.0 Å². The fraction of sp³-hybridized carbons (Fsp3) is 0.176. The standard InChI is InChI=1S/C17H15F2NO3/c1-11(21)20(15-5-3-4-14(18)9-15)10-13-7-6-12(8-16(13)19)17(22)23-2/h3-9H,10H2,1-2H3. The van der Waals surface area contributed by atoms with Crippen LogP contribution in [0.5, 0.6) is 0 Å². The summed E-state index contributed by atoms with van der Waals surface area (Å²) in [7, 11) is 1.20. The summed E-state index contributed by atoms with van der Waals surface area (Å²) in [5, 5.41) is 0. The van der Waals surface area contributed by atoms with Gasteiger partial charge < -0.3 is 9.64 Å². The monoisotopic (exact) mass is 319 g/mol. The third-order valence-electron chi connectivity index (χ3n) is 3.30. The van der Waals surface area contributed by atoms with Crippen LogP contribution < -0.4 is 4.90 Å². The smallest absolute Gasteiger partial charge is 0.337 e. The summed E-state index contributed by atoms with van der Waals surface area (Å²) in [6.45, 7) is 1.23. The third kappa shape index (κ3) is 3.91. The summed E-state index contributed by atoms with van der Waals surface area (Å²) >= 11 is 0. The highest BCUT2D eigenvalue weighted by Gasteiger charge is 2.16. The van der Waals surface area contributed by atoms with Gasteiger partial charge in [0.15, 0.2) is 0 Å². The van der Waals surface area contributed by atoms with E-state index in [4.69, 9.17) is 0 Å². The lowest BCUT2D eigenvalue weighted by Gasteiger charge is -2.21. The molecule has 2 aromatic rings. The van der Waals surface area contributed by atoms with Crippen molar-refractivity contribution in [3.63, 3.8) is 0 Å². The largest absolute Gasteiger partial charge is 0.465 e. The van der Waals surface area contributed by atoms with E-state index in [0.29, 0.717) is 5.69 Å². The van der Waals surface area contributed by atoms with Gasteiger partial charge in [-0.1, -0.05) is 12.1 Å². The Morgan fingerprint density at radius 1 is 1.13 bits per heavy atom. The van der Waals surface area contributed by atoms with Crippen molar-refractivity contribution < 1.29 is 23.1 Å². The van der Waals surface area contributed by atoms with Crippen LogP contribution in [-0.4, -0.2) is 19.0 Å². The lowest BCUT2D eigenvalue weighted by molar-refractivity contribution is -0.116. The molecule has 0 aliphatic rings. The highest BCUT2D eigenvalue weighted by molar-refractivity contribution is 5.91. The number of halogens is 2. The van der Waals surface area contributed by atoms with Gasteiger partial charge in [-0.25, -0.2) is 13.6 Å². The number of amides is 1. The van der Waals surface area contributed by atoms with Gasteiger partial charge in [-0.15, -0.1) is 0 Å². The molecule has 23 heavy (non-hydrogen) atoms. The SMILES string of the molecule is COC(=O)c1ccc(CN(C(C)=O)c2cccc(F)c2)c(F)c1. The van der Waals surface area contributed by atoms with Gasteiger partial charge in [0.05, 0.1) is 19.2 Å². The van der Waals surface area contributed by atoms with Crippen molar-refractivity contribution >= 4 is 17.6 Å². The number of hydrogen-bond donors (Lipinski definition) is 0. The lowest BCUT2D eigenvalue weighted by atomic mass is 10.1. The Bertz CT molecular complexity index is 746. The first-order valence-corrected chi connectivity index (χ1v) is 6.82. The van der Waals surface area contributed by atoms with E-state index in [1.165, 1.54) is 49.3 Å². The summed E-state index contributed by atoms with van der Waals surface area (Å²) in [6.07, 6.45) is 0. The molecule has 2 rings (SSSR count). The van der Waals surface area contributed by atoms with E-state index in [-0.39, 0.29) is 23.6 Å². The van der Waals surface area contributed by atoms with Crippen LogP contribution in [0, 0.1) is 11.6 Å². The zero-order valence-electron chi connectivity index (χ0n) is 12.7. The molecular formula is C17H15F2NO3. The number of rotatable bonds is 4. The second-order valence-corrected chi connectivity index (χ2v) is 4.88. The molecule has 0 aromatic heterocycles. The maximum absolute atomic E-state index is 14.1. The van der Waals surface area contributed by atoms with Gasteiger partial charge in [-0.2, -0.15) is 0 Å². The highest BCUT2D eigenvalue weighted by Crippen LogP contribution is 2.21. The van der Waals surface area contributed by atoms with E-state index in [0.717, 1.165) is 6.07 Å². The fourth-order valence-electron chi connectivity index (χ4n) is 2.12. The fourth-order valence-corrected chi connectivity index (χ4v) is 2.12. The van der Waals surface area contributed by atoms with Gasteiger partial charge in [0.2, 0.25) is 5.91 Å². The molecule has 6 heteroatoms. The molecule has 0 atom stereocenters. The van der Waals surface area contributed by atoms with Gasteiger partial charge >= 0.3 is 5.97 Å². The Kier molecular flexibility index (Phi) is 5.05. The van der Waals surface area contributed by atoms with Gasteiger partial charge in [0.25, 0.3) is 0 Å². The van der Waals surface area contributed by atoms with Crippen molar-refractivity contribution in [1.82, 2.24) is 0 Å². The molecule has 4 nitrogen and oxygen atoms in total. The number of anilines is 1. The molecule has 0 saturated carbocycles. The number of carbonyl (C=O) groups is 2. The highest BCUT2D eigenvalue weighted by atomic mass is 19.1. The average Bonchev–Trinajstić information content (AvgIpc) is 2.52. The number of nitrogens with zero attached hydrogens (tertiary/aromatic N) is 1. The molecular weight excluding hydrogens is 304 g/mol.